The van der Waals surface area contributed by atoms with Gasteiger partial charge in [0.1, 0.15) is 22.9 Å². The first kappa shape index (κ1) is 21.5. The van der Waals surface area contributed by atoms with Crippen LogP contribution in [0.1, 0.15) is 24.0 Å². The summed E-state index contributed by atoms with van der Waals surface area (Å²) in [4.78, 5) is 33.6. The molecule has 3 rings (SSSR count). The molecule has 0 aliphatic rings. The van der Waals surface area contributed by atoms with Gasteiger partial charge in [-0.3, -0.25) is 14.2 Å². The number of aromatic nitrogens is 2. The van der Waals surface area contributed by atoms with Crippen LogP contribution in [0.15, 0.2) is 29.1 Å². The van der Waals surface area contributed by atoms with Crippen molar-refractivity contribution in [3.8, 4) is 22.9 Å². The molecule has 2 heterocycles. The predicted octanol–water partition coefficient (Wildman–Crippen LogP) is 3.51. The molecule has 1 aromatic carbocycles. The maximum absolute atomic E-state index is 13.4. The van der Waals surface area contributed by atoms with Crippen LogP contribution in [0.5, 0.6) is 5.75 Å². The van der Waals surface area contributed by atoms with Crippen molar-refractivity contribution in [2.75, 3.05) is 20.2 Å². The summed E-state index contributed by atoms with van der Waals surface area (Å²) in [6.07, 6.45) is 0.249. The monoisotopic (exact) mass is 424 g/mol. The Morgan fingerprint density at radius 3 is 2.63 bits per heavy atom. The molecule has 0 fully saturated rings. The summed E-state index contributed by atoms with van der Waals surface area (Å²) in [5.74, 6) is 1.04. The maximum atomic E-state index is 13.4. The van der Waals surface area contributed by atoms with E-state index in [2.05, 4.69) is 4.98 Å². The van der Waals surface area contributed by atoms with Crippen LogP contribution in [0.4, 0.5) is 0 Å². The second kappa shape index (κ2) is 9.09. The molecular weight excluding hydrogens is 400 g/mol. The SMILES string of the molecule is CCOc1ccc(-c2c(C)sc3nc(C)n(CC(=O)N(C)CCC#N)c(=O)c23)cc1. The summed E-state index contributed by atoms with van der Waals surface area (Å²) < 4.78 is 6.93. The molecule has 0 unspecified atom stereocenters. The predicted molar refractivity (Wildman–Crippen MR) is 118 cm³/mol. The van der Waals surface area contributed by atoms with Gasteiger partial charge in [-0.15, -0.1) is 11.3 Å². The molecule has 156 valence electrons. The van der Waals surface area contributed by atoms with Gasteiger partial charge in [-0.1, -0.05) is 12.1 Å². The number of likely N-dealkylation sites (N-methyl/N-ethyl adjacent to an activating group) is 1. The molecule has 3 aromatic rings. The molecule has 30 heavy (non-hydrogen) atoms. The first-order chi connectivity index (χ1) is 14.4. The third kappa shape index (κ3) is 4.21. The Balaban J connectivity index is 2.06. The molecular formula is C22H24N4O3S. The van der Waals surface area contributed by atoms with Crippen LogP contribution in [-0.2, 0) is 11.3 Å². The lowest BCUT2D eigenvalue weighted by Crippen LogP contribution is -2.35. The summed E-state index contributed by atoms with van der Waals surface area (Å²) in [6.45, 7) is 6.44. The first-order valence-electron chi connectivity index (χ1n) is 9.72. The zero-order valence-electron chi connectivity index (χ0n) is 17.6. The zero-order chi connectivity index (χ0) is 21.8. The quantitative estimate of drug-likeness (QED) is 0.579. The van der Waals surface area contributed by atoms with Crippen LogP contribution < -0.4 is 10.3 Å². The third-order valence-electron chi connectivity index (χ3n) is 4.91. The van der Waals surface area contributed by atoms with Crippen LogP contribution in [-0.4, -0.2) is 40.6 Å². The van der Waals surface area contributed by atoms with Gasteiger partial charge in [-0.2, -0.15) is 5.26 Å². The van der Waals surface area contributed by atoms with E-state index >= 15 is 0 Å². The lowest BCUT2D eigenvalue weighted by molar-refractivity contribution is -0.130. The Bertz CT molecular complexity index is 1170. The van der Waals surface area contributed by atoms with E-state index in [1.54, 1.807) is 14.0 Å². The Morgan fingerprint density at radius 2 is 2.00 bits per heavy atom. The number of aryl methyl sites for hydroxylation is 2. The van der Waals surface area contributed by atoms with E-state index in [4.69, 9.17) is 10.00 Å². The van der Waals surface area contributed by atoms with Gasteiger partial charge < -0.3 is 9.64 Å². The van der Waals surface area contributed by atoms with E-state index in [1.807, 2.05) is 44.2 Å². The number of hydrogen-bond acceptors (Lipinski definition) is 6. The molecule has 0 N–H and O–H groups in total. The van der Waals surface area contributed by atoms with Crippen molar-refractivity contribution in [3.63, 3.8) is 0 Å². The molecule has 0 aliphatic heterocycles. The fourth-order valence-corrected chi connectivity index (χ4v) is 4.39. The number of hydrogen-bond donors (Lipinski definition) is 0. The standard InChI is InChI=1S/C22H24N4O3S/c1-5-29-17-9-7-16(8-10-17)19-14(2)30-21-20(19)22(28)26(15(3)24-21)13-18(27)25(4)12-6-11-23/h7-10H,5-6,12-13H2,1-4H3. The normalized spacial score (nSPS) is 10.8. The minimum absolute atomic E-state index is 0.104. The van der Waals surface area contributed by atoms with Crippen LogP contribution in [0.25, 0.3) is 21.3 Å². The van der Waals surface area contributed by atoms with Gasteiger partial charge in [0.2, 0.25) is 5.91 Å². The topological polar surface area (TPSA) is 88.2 Å². The van der Waals surface area contributed by atoms with Gasteiger partial charge in [0.25, 0.3) is 5.56 Å². The highest BCUT2D eigenvalue weighted by molar-refractivity contribution is 7.19. The summed E-state index contributed by atoms with van der Waals surface area (Å²) in [5, 5.41) is 9.25. The van der Waals surface area contributed by atoms with Gasteiger partial charge in [0.15, 0.2) is 0 Å². The Labute approximate surface area is 179 Å². The van der Waals surface area contributed by atoms with Gasteiger partial charge >= 0.3 is 0 Å². The third-order valence-corrected chi connectivity index (χ3v) is 5.91. The van der Waals surface area contributed by atoms with Crippen molar-refractivity contribution in [2.45, 2.75) is 33.7 Å². The number of fused-ring (bicyclic) bond motifs is 1. The lowest BCUT2D eigenvalue weighted by atomic mass is 10.0. The summed E-state index contributed by atoms with van der Waals surface area (Å²) in [6, 6.07) is 9.66. The van der Waals surface area contributed by atoms with Crippen molar-refractivity contribution < 1.29 is 9.53 Å². The highest BCUT2D eigenvalue weighted by Gasteiger charge is 2.20. The van der Waals surface area contributed by atoms with Crippen molar-refractivity contribution in [1.82, 2.24) is 14.5 Å². The van der Waals surface area contributed by atoms with Crippen molar-refractivity contribution >= 4 is 27.5 Å². The fourth-order valence-electron chi connectivity index (χ4n) is 3.31. The average Bonchev–Trinajstić information content (AvgIpc) is 3.05. The second-order valence-electron chi connectivity index (χ2n) is 6.94. The van der Waals surface area contributed by atoms with Crippen molar-refractivity contribution in [3.05, 3.63) is 45.3 Å². The van der Waals surface area contributed by atoms with Crippen LogP contribution in [0.3, 0.4) is 0 Å². The average molecular weight is 425 g/mol. The molecule has 0 saturated carbocycles. The van der Waals surface area contributed by atoms with E-state index in [-0.39, 0.29) is 24.4 Å². The van der Waals surface area contributed by atoms with E-state index in [9.17, 15) is 9.59 Å². The number of ether oxygens (including phenoxy) is 1. The van der Waals surface area contributed by atoms with E-state index < -0.39 is 0 Å². The molecule has 1 amide bonds. The Kier molecular flexibility index (Phi) is 6.53. The van der Waals surface area contributed by atoms with E-state index in [0.29, 0.717) is 29.2 Å². The zero-order valence-corrected chi connectivity index (χ0v) is 18.4. The lowest BCUT2D eigenvalue weighted by Gasteiger charge is -2.17. The smallest absolute Gasteiger partial charge is 0.263 e. The highest BCUT2D eigenvalue weighted by Crippen LogP contribution is 2.36. The number of benzene rings is 1. The van der Waals surface area contributed by atoms with Gasteiger partial charge in [-0.25, -0.2) is 4.98 Å². The summed E-state index contributed by atoms with van der Waals surface area (Å²) in [7, 11) is 1.63. The number of nitrogens with zero attached hydrogens (tertiary/aromatic N) is 4. The molecule has 0 saturated heterocycles. The molecule has 0 bridgehead atoms. The number of carbonyl (C=O) groups excluding carboxylic acids is 1. The summed E-state index contributed by atoms with van der Waals surface area (Å²) >= 11 is 1.47. The number of thiophene rings is 1. The van der Waals surface area contributed by atoms with Gasteiger partial charge in [-0.05, 0) is 38.5 Å². The first-order valence-corrected chi connectivity index (χ1v) is 10.5. The Hall–Kier alpha value is -3.18. The number of amides is 1. The Morgan fingerprint density at radius 1 is 1.30 bits per heavy atom. The van der Waals surface area contributed by atoms with E-state index in [1.165, 1.54) is 20.8 Å². The number of rotatable bonds is 7. The molecule has 0 radical (unpaired) electrons. The molecule has 0 aliphatic carbocycles. The second-order valence-corrected chi connectivity index (χ2v) is 8.15. The van der Waals surface area contributed by atoms with Crippen molar-refractivity contribution in [1.29, 1.82) is 5.26 Å². The van der Waals surface area contributed by atoms with Gasteiger partial charge in [0.05, 0.1) is 24.5 Å². The summed E-state index contributed by atoms with van der Waals surface area (Å²) in [5.41, 5.74) is 1.52. The highest BCUT2D eigenvalue weighted by atomic mass is 32.1. The molecule has 0 spiro atoms. The van der Waals surface area contributed by atoms with E-state index in [0.717, 1.165) is 21.8 Å². The fraction of sp³-hybridized carbons (Fsp3) is 0.364. The molecule has 7 nitrogen and oxygen atoms in total. The largest absolute Gasteiger partial charge is 0.494 e. The number of carbonyl (C=O) groups is 1. The van der Waals surface area contributed by atoms with Crippen LogP contribution >= 0.6 is 11.3 Å². The van der Waals surface area contributed by atoms with Gasteiger partial charge in [0, 0.05) is 24.0 Å². The van der Waals surface area contributed by atoms with Crippen LogP contribution in [0.2, 0.25) is 0 Å². The van der Waals surface area contributed by atoms with Crippen molar-refractivity contribution in [2.24, 2.45) is 0 Å². The van der Waals surface area contributed by atoms with Crippen LogP contribution in [0, 0.1) is 25.2 Å². The minimum Gasteiger partial charge on any atom is -0.494 e. The molecule has 8 heteroatoms. The maximum Gasteiger partial charge on any atom is 0.263 e. The molecule has 2 aromatic heterocycles. The minimum atomic E-state index is -0.230. The molecule has 0 atom stereocenters. The number of nitriles is 1.